The van der Waals surface area contributed by atoms with E-state index in [1.165, 1.54) is 5.56 Å². The lowest BCUT2D eigenvalue weighted by Gasteiger charge is -2.22. The second-order valence-electron chi connectivity index (χ2n) is 6.04. The molecule has 6 heteroatoms. The number of amides is 1. The molecule has 3 rings (SSSR count). The zero-order valence-electron chi connectivity index (χ0n) is 14.8. The van der Waals surface area contributed by atoms with Crippen LogP contribution < -0.4 is 0 Å². The number of aryl methyl sites for hydroxylation is 2. The topological polar surface area (TPSA) is 59.7 Å². The lowest BCUT2D eigenvalue weighted by atomic mass is 10.1. The molecule has 0 aliphatic heterocycles. The number of fused-ring (bicyclic) bond motifs is 1. The molecule has 2 heterocycles. The van der Waals surface area contributed by atoms with E-state index in [1.807, 2.05) is 32.2 Å². The van der Waals surface area contributed by atoms with Crippen LogP contribution in [-0.2, 0) is 11.3 Å². The molecule has 0 saturated heterocycles. The molecule has 0 atom stereocenters. The number of carbonyl (C=O) groups is 1. The number of benzene rings is 1. The average molecular weight is 338 g/mol. The molecule has 1 amide bonds. The van der Waals surface area contributed by atoms with E-state index in [2.05, 4.69) is 22.1 Å². The zero-order valence-corrected chi connectivity index (χ0v) is 14.8. The average Bonchev–Trinajstić information content (AvgIpc) is 2.95. The molecule has 0 bridgehead atoms. The maximum atomic E-state index is 13.2. The number of aromatic nitrogens is 3. The lowest BCUT2D eigenvalue weighted by Crippen LogP contribution is -2.34. The molecule has 0 aliphatic rings. The Labute approximate surface area is 147 Å². The number of nitrogens with zero attached hydrogens (tertiary/aromatic N) is 4. The summed E-state index contributed by atoms with van der Waals surface area (Å²) >= 11 is 0. The van der Waals surface area contributed by atoms with Gasteiger partial charge in [0.2, 0.25) is 5.78 Å². The quantitative estimate of drug-likeness (QED) is 0.693. The highest BCUT2D eigenvalue weighted by molar-refractivity contribution is 5.94. The third kappa shape index (κ3) is 3.69. The van der Waals surface area contributed by atoms with Crippen LogP contribution in [0.25, 0.3) is 5.78 Å². The minimum absolute atomic E-state index is 0.0735. The van der Waals surface area contributed by atoms with E-state index in [4.69, 9.17) is 4.74 Å². The minimum Gasteiger partial charge on any atom is -0.383 e. The highest BCUT2D eigenvalue weighted by atomic mass is 16.5. The summed E-state index contributed by atoms with van der Waals surface area (Å²) in [5.41, 5.74) is 3.50. The van der Waals surface area contributed by atoms with Crippen LogP contribution in [0.1, 0.15) is 27.3 Å². The van der Waals surface area contributed by atoms with Crippen molar-refractivity contribution >= 4 is 11.7 Å². The fourth-order valence-corrected chi connectivity index (χ4v) is 2.77. The van der Waals surface area contributed by atoms with Gasteiger partial charge in [0.1, 0.15) is 5.69 Å². The Balaban J connectivity index is 1.92. The molecule has 0 N–H and O–H groups in total. The molecular formula is C19H22N4O2. The Morgan fingerprint density at radius 3 is 2.72 bits per heavy atom. The zero-order chi connectivity index (χ0) is 17.8. The summed E-state index contributed by atoms with van der Waals surface area (Å²) in [6, 6.07) is 10.00. The number of hydrogen-bond donors (Lipinski definition) is 0. The molecule has 0 radical (unpaired) electrons. The molecule has 6 nitrogen and oxygen atoms in total. The Bertz CT molecular complexity index is 871. The van der Waals surface area contributed by atoms with Crippen molar-refractivity contribution < 1.29 is 9.53 Å². The molecule has 2 aromatic heterocycles. The van der Waals surface area contributed by atoms with Gasteiger partial charge in [-0.3, -0.25) is 9.20 Å². The Kier molecular flexibility index (Phi) is 5.09. The molecule has 130 valence electrons. The summed E-state index contributed by atoms with van der Waals surface area (Å²) in [5, 5.41) is 0. The number of methoxy groups -OCH3 is 1. The maximum Gasteiger partial charge on any atom is 0.273 e. The minimum atomic E-state index is -0.0735. The first-order valence-corrected chi connectivity index (χ1v) is 8.23. The number of carbonyl (C=O) groups excluding carboxylic acids is 1. The van der Waals surface area contributed by atoms with Gasteiger partial charge in [0.05, 0.1) is 12.3 Å². The van der Waals surface area contributed by atoms with Crippen molar-refractivity contribution in [2.75, 3.05) is 20.3 Å². The molecule has 0 aliphatic carbocycles. The van der Waals surface area contributed by atoms with E-state index >= 15 is 0 Å². The molecular weight excluding hydrogens is 316 g/mol. The summed E-state index contributed by atoms with van der Waals surface area (Å²) < 4.78 is 6.93. The van der Waals surface area contributed by atoms with E-state index in [-0.39, 0.29) is 5.91 Å². The Morgan fingerprint density at radius 1 is 1.24 bits per heavy atom. The number of rotatable bonds is 6. The summed E-state index contributed by atoms with van der Waals surface area (Å²) in [6.07, 6.45) is 3.49. The van der Waals surface area contributed by atoms with E-state index in [1.54, 1.807) is 28.7 Å². The van der Waals surface area contributed by atoms with Gasteiger partial charge in [0, 0.05) is 32.6 Å². The lowest BCUT2D eigenvalue weighted by molar-refractivity contribution is 0.0672. The molecule has 0 spiro atoms. The van der Waals surface area contributed by atoms with Crippen molar-refractivity contribution in [3.63, 3.8) is 0 Å². The first-order valence-electron chi connectivity index (χ1n) is 8.23. The number of imidazole rings is 1. The van der Waals surface area contributed by atoms with Crippen molar-refractivity contribution in [3.8, 4) is 0 Å². The van der Waals surface area contributed by atoms with Crippen molar-refractivity contribution in [3.05, 3.63) is 65.2 Å². The van der Waals surface area contributed by atoms with Crippen molar-refractivity contribution in [1.82, 2.24) is 19.3 Å². The second kappa shape index (κ2) is 7.44. The number of ether oxygens (including phenoxy) is 1. The third-order valence-corrected chi connectivity index (χ3v) is 4.13. The summed E-state index contributed by atoms with van der Waals surface area (Å²) in [5.74, 6) is 0.459. The van der Waals surface area contributed by atoms with Crippen LogP contribution in [0.15, 0.2) is 42.7 Å². The van der Waals surface area contributed by atoms with Gasteiger partial charge in [-0.25, -0.2) is 9.97 Å². The van der Waals surface area contributed by atoms with Crippen LogP contribution in [0, 0.1) is 13.8 Å². The van der Waals surface area contributed by atoms with Crippen molar-refractivity contribution in [2.24, 2.45) is 0 Å². The Hall–Kier alpha value is -2.73. The van der Waals surface area contributed by atoms with Gasteiger partial charge in [0.25, 0.3) is 5.91 Å². The predicted octanol–water partition coefficient (Wildman–Crippen LogP) is 2.63. The molecule has 0 saturated carbocycles. The summed E-state index contributed by atoms with van der Waals surface area (Å²) in [6.45, 7) is 5.39. The highest BCUT2D eigenvalue weighted by Crippen LogP contribution is 2.15. The predicted molar refractivity (Wildman–Crippen MR) is 95.5 cm³/mol. The summed E-state index contributed by atoms with van der Waals surface area (Å²) in [7, 11) is 1.64. The highest BCUT2D eigenvalue weighted by Gasteiger charge is 2.23. The van der Waals surface area contributed by atoms with Gasteiger partial charge in [-0.1, -0.05) is 29.8 Å². The van der Waals surface area contributed by atoms with Crippen molar-refractivity contribution in [2.45, 2.75) is 20.4 Å². The van der Waals surface area contributed by atoms with Gasteiger partial charge >= 0.3 is 0 Å². The van der Waals surface area contributed by atoms with Gasteiger partial charge in [0.15, 0.2) is 0 Å². The van der Waals surface area contributed by atoms with Gasteiger partial charge in [-0.15, -0.1) is 0 Å². The van der Waals surface area contributed by atoms with E-state index in [0.29, 0.717) is 36.9 Å². The third-order valence-electron chi connectivity index (χ3n) is 4.13. The molecule has 1 aromatic carbocycles. The number of hydrogen-bond acceptors (Lipinski definition) is 4. The van der Waals surface area contributed by atoms with Crippen LogP contribution in [0.2, 0.25) is 0 Å². The second-order valence-corrected chi connectivity index (χ2v) is 6.04. The Morgan fingerprint density at radius 2 is 2.00 bits per heavy atom. The molecule has 0 unspecified atom stereocenters. The van der Waals surface area contributed by atoms with Crippen LogP contribution in [-0.4, -0.2) is 45.4 Å². The fourth-order valence-electron chi connectivity index (χ4n) is 2.77. The monoisotopic (exact) mass is 338 g/mol. The normalized spacial score (nSPS) is 11.0. The van der Waals surface area contributed by atoms with Gasteiger partial charge in [-0.05, 0) is 25.5 Å². The smallest absolute Gasteiger partial charge is 0.273 e. The first-order chi connectivity index (χ1) is 12.1. The molecule has 3 aromatic rings. The van der Waals surface area contributed by atoms with Crippen LogP contribution in [0.3, 0.4) is 0 Å². The van der Waals surface area contributed by atoms with E-state index < -0.39 is 0 Å². The van der Waals surface area contributed by atoms with Crippen LogP contribution >= 0.6 is 0 Å². The van der Waals surface area contributed by atoms with E-state index in [9.17, 15) is 4.79 Å². The largest absolute Gasteiger partial charge is 0.383 e. The van der Waals surface area contributed by atoms with Crippen LogP contribution in [0.4, 0.5) is 0 Å². The van der Waals surface area contributed by atoms with E-state index in [0.717, 1.165) is 5.56 Å². The van der Waals surface area contributed by atoms with Gasteiger partial charge in [-0.2, -0.15) is 0 Å². The van der Waals surface area contributed by atoms with Crippen molar-refractivity contribution in [1.29, 1.82) is 0 Å². The molecule has 0 fully saturated rings. The maximum absolute atomic E-state index is 13.2. The fraction of sp³-hybridized carbons (Fsp3) is 0.316. The van der Waals surface area contributed by atoms with Gasteiger partial charge < -0.3 is 9.64 Å². The SMILES string of the molecule is COCCN(Cc1ccc(C)cc1)C(=O)c1c(C)nc2ncccn12. The molecule has 25 heavy (non-hydrogen) atoms. The standard InChI is InChI=1S/C19H22N4O2/c1-14-5-7-16(8-6-14)13-22(11-12-25-3)18(24)17-15(2)21-19-20-9-4-10-23(17)19/h4-10H,11-13H2,1-3H3. The first kappa shape index (κ1) is 17.1. The van der Waals surface area contributed by atoms with Crippen LogP contribution in [0.5, 0.6) is 0 Å². The summed E-state index contributed by atoms with van der Waals surface area (Å²) in [4.78, 5) is 23.6.